The summed E-state index contributed by atoms with van der Waals surface area (Å²) in [6, 6.07) is 3.62. The lowest BCUT2D eigenvalue weighted by Gasteiger charge is -2.43. The van der Waals surface area contributed by atoms with Gasteiger partial charge in [0, 0.05) is 31.0 Å². The number of ketones is 1. The number of benzene rings is 1. The molecule has 35 heavy (non-hydrogen) atoms. The lowest BCUT2D eigenvalue weighted by molar-refractivity contribution is -0.185. The number of aryl methyl sites for hydroxylation is 4. The van der Waals surface area contributed by atoms with Crippen LogP contribution in [0.5, 0.6) is 11.5 Å². The molecule has 1 aliphatic carbocycles. The van der Waals surface area contributed by atoms with Crippen LogP contribution in [0.15, 0.2) is 12.1 Å². The minimum atomic E-state index is -0.800. The Balaban J connectivity index is 1.57. The quantitative estimate of drug-likeness (QED) is 0.393. The van der Waals surface area contributed by atoms with Gasteiger partial charge >= 0.3 is 5.97 Å². The number of hydrogen-bond donors (Lipinski definition) is 2. The number of aromatic amines is 1. The van der Waals surface area contributed by atoms with Crippen LogP contribution >= 0.6 is 0 Å². The number of nitrogens with zero attached hydrogens (tertiary/aromatic N) is 1. The number of H-pyrrole nitrogens is 1. The van der Waals surface area contributed by atoms with Gasteiger partial charge in [0.1, 0.15) is 28.8 Å². The number of phenols is 1. The van der Waals surface area contributed by atoms with Crippen molar-refractivity contribution in [3.8, 4) is 11.5 Å². The molecule has 1 aliphatic heterocycles. The summed E-state index contributed by atoms with van der Waals surface area (Å²) in [5.41, 5.74) is 2.71. The zero-order valence-corrected chi connectivity index (χ0v) is 21.4. The number of Topliss-reactive ketones (excluding diaryl/α,β-unsaturated/α-hetero) is 1. The van der Waals surface area contributed by atoms with Crippen LogP contribution in [0.25, 0.3) is 0 Å². The fraction of sp³-hybridized carbons (Fsp3) is 0.607. The van der Waals surface area contributed by atoms with Crippen molar-refractivity contribution >= 4 is 11.8 Å². The van der Waals surface area contributed by atoms with Gasteiger partial charge in [-0.25, -0.2) is 4.98 Å². The Bertz CT molecular complexity index is 1070. The van der Waals surface area contributed by atoms with Crippen molar-refractivity contribution in [2.24, 2.45) is 11.8 Å². The Morgan fingerprint density at radius 2 is 1.91 bits per heavy atom. The lowest BCUT2D eigenvalue weighted by atomic mass is 9.73. The van der Waals surface area contributed by atoms with Crippen LogP contribution in [0.1, 0.15) is 80.7 Å². The minimum Gasteiger partial charge on any atom is -0.508 e. The molecule has 2 heterocycles. The maximum absolute atomic E-state index is 13.5. The van der Waals surface area contributed by atoms with Crippen molar-refractivity contribution in [1.29, 1.82) is 0 Å². The number of ether oxygens (including phenoxy) is 2. The number of carbonyl (C=O) groups excluding carboxylic acids is 2. The van der Waals surface area contributed by atoms with Crippen molar-refractivity contribution in [3.63, 3.8) is 0 Å². The first-order valence-electron chi connectivity index (χ1n) is 13.0. The normalized spacial score (nSPS) is 23.0. The van der Waals surface area contributed by atoms with Crippen LogP contribution in [-0.4, -0.2) is 39.5 Å². The Kier molecular flexibility index (Phi) is 7.53. The van der Waals surface area contributed by atoms with E-state index in [4.69, 9.17) is 9.47 Å². The predicted octanol–water partition coefficient (Wildman–Crippen LogP) is 4.79. The second-order valence-electron chi connectivity index (χ2n) is 10.1. The van der Waals surface area contributed by atoms with Crippen molar-refractivity contribution in [3.05, 3.63) is 40.5 Å². The summed E-state index contributed by atoms with van der Waals surface area (Å²) in [4.78, 5) is 34.6. The van der Waals surface area contributed by atoms with E-state index in [0.29, 0.717) is 25.0 Å². The summed E-state index contributed by atoms with van der Waals surface area (Å²) >= 11 is 0. The fourth-order valence-corrected chi connectivity index (χ4v) is 5.88. The number of hydrogen-bond acceptors (Lipinski definition) is 6. The standard InChI is InChI=1S/C28H38N2O5/c1-5-18-13-19(25(34-4)15-23(18)31)11-12-28(20-9-7-8-10-20)16-24(32)21(27(33)35-28)14-22-17(3)29-26(6-2)30-22/h13,15,20-21,31H,5-12,14,16H2,1-4H3,(H,29,30). The van der Waals surface area contributed by atoms with E-state index < -0.39 is 17.5 Å². The summed E-state index contributed by atoms with van der Waals surface area (Å²) < 4.78 is 11.8. The van der Waals surface area contributed by atoms with E-state index in [9.17, 15) is 14.7 Å². The molecule has 190 valence electrons. The average molecular weight is 483 g/mol. The summed E-state index contributed by atoms with van der Waals surface area (Å²) in [6.07, 6.45) is 7.31. The molecule has 1 aromatic heterocycles. The largest absolute Gasteiger partial charge is 0.508 e. The molecule has 7 nitrogen and oxygen atoms in total. The maximum atomic E-state index is 13.5. The van der Waals surface area contributed by atoms with Crippen molar-refractivity contribution < 1.29 is 24.2 Å². The molecule has 0 spiro atoms. The zero-order valence-electron chi connectivity index (χ0n) is 21.4. The van der Waals surface area contributed by atoms with Crippen molar-refractivity contribution in [2.45, 2.75) is 90.6 Å². The van der Waals surface area contributed by atoms with E-state index in [2.05, 4.69) is 9.97 Å². The molecule has 2 aromatic rings. The molecule has 1 saturated heterocycles. The van der Waals surface area contributed by atoms with E-state index in [-0.39, 0.29) is 30.3 Å². The molecule has 0 bridgehead atoms. The van der Waals surface area contributed by atoms with Gasteiger partial charge in [-0.2, -0.15) is 0 Å². The molecule has 4 rings (SSSR count). The molecule has 2 atom stereocenters. The number of imidazole rings is 1. The highest BCUT2D eigenvalue weighted by molar-refractivity contribution is 6.01. The smallest absolute Gasteiger partial charge is 0.317 e. The first-order chi connectivity index (χ1) is 16.8. The number of carbonyl (C=O) groups is 2. The number of rotatable bonds is 9. The van der Waals surface area contributed by atoms with Crippen LogP contribution in [0.3, 0.4) is 0 Å². The molecule has 2 N–H and O–H groups in total. The molecular weight excluding hydrogens is 444 g/mol. The first kappa shape index (κ1) is 25.3. The van der Waals surface area contributed by atoms with E-state index >= 15 is 0 Å². The molecule has 2 aliphatic rings. The number of methoxy groups -OCH3 is 1. The second-order valence-corrected chi connectivity index (χ2v) is 10.1. The monoisotopic (exact) mass is 482 g/mol. The average Bonchev–Trinajstić information content (AvgIpc) is 3.50. The summed E-state index contributed by atoms with van der Waals surface area (Å²) in [5, 5.41) is 10.2. The molecule has 0 radical (unpaired) electrons. The molecule has 2 unspecified atom stereocenters. The van der Waals surface area contributed by atoms with Gasteiger partial charge in [-0.15, -0.1) is 0 Å². The first-order valence-corrected chi connectivity index (χ1v) is 13.0. The third-order valence-corrected chi connectivity index (χ3v) is 8.00. The Hall–Kier alpha value is -2.83. The molecule has 7 heteroatoms. The van der Waals surface area contributed by atoms with Crippen LogP contribution in [0, 0.1) is 18.8 Å². The Morgan fingerprint density at radius 3 is 2.51 bits per heavy atom. The SMILES string of the molecule is CCc1nc(CC2C(=O)CC(CCc3cc(CC)c(O)cc3OC)(C3CCCC3)OC2=O)c(C)[nH]1. The third-order valence-electron chi connectivity index (χ3n) is 8.00. The van der Waals surface area contributed by atoms with Gasteiger partial charge in [-0.05, 0) is 62.1 Å². The molecule has 1 saturated carbocycles. The summed E-state index contributed by atoms with van der Waals surface area (Å²) in [6.45, 7) is 5.95. The molecular formula is C28H38N2O5. The molecule has 1 aromatic carbocycles. The van der Waals surface area contributed by atoms with Gasteiger partial charge in [0.05, 0.1) is 12.8 Å². The highest BCUT2D eigenvalue weighted by Crippen LogP contribution is 2.45. The Morgan fingerprint density at radius 1 is 1.17 bits per heavy atom. The van der Waals surface area contributed by atoms with Gasteiger partial charge in [-0.3, -0.25) is 9.59 Å². The van der Waals surface area contributed by atoms with Gasteiger partial charge in [0.2, 0.25) is 0 Å². The number of phenolic OH excluding ortho intramolecular Hbond substituents is 1. The predicted molar refractivity (Wildman–Crippen MR) is 133 cm³/mol. The Labute approximate surface area is 207 Å². The number of esters is 1. The number of aromatic nitrogens is 2. The fourth-order valence-electron chi connectivity index (χ4n) is 5.88. The van der Waals surface area contributed by atoms with Crippen molar-refractivity contribution in [2.75, 3.05) is 7.11 Å². The number of nitrogens with one attached hydrogen (secondary N) is 1. The summed E-state index contributed by atoms with van der Waals surface area (Å²) in [5.74, 6) is 0.633. The van der Waals surface area contributed by atoms with E-state index in [1.54, 1.807) is 13.2 Å². The zero-order chi connectivity index (χ0) is 25.2. The highest BCUT2D eigenvalue weighted by Gasteiger charge is 2.51. The van der Waals surface area contributed by atoms with Crippen LogP contribution in [0.2, 0.25) is 0 Å². The van der Waals surface area contributed by atoms with Gasteiger partial charge < -0.3 is 19.6 Å². The highest BCUT2D eigenvalue weighted by atomic mass is 16.6. The second kappa shape index (κ2) is 10.4. The van der Waals surface area contributed by atoms with Gasteiger partial charge in [0.25, 0.3) is 0 Å². The molecule has 2 fully saturated rings. The van der Waals surface area contributed by atoms with E-state index in [0.717, 1.165) is 60.4 Å². The lowest BCUT2D eigenvalue weighted by Crippen LogP contribution is -2.52. The van der Waals surface area contributed by atoms with Crippen LogP contribution in [0.4, 0.5) is 0 Å². The number of aromatic hydroxyl groups is 1. The van der Waals surface area contributed by atoms with Crippen LogP contribution < -0.4 is 4.74 Å². The van der Waals surface area contributed by atoms with E-state index in [1.807, 2.05) is 26.8 Å². The third kappa shape index (κ3) is 5.09. The van der Waals surface area contributed by atoms with Gasteiger partial charge in [-0.1, -0.05) is 26.7 Å². The number of cyclic esters (lactones) is 1. The van der Waals surface area contributed by atoms with Crippen molar-refractivity contribution in [1.82, 2.24) is 9.97 Å². The summed E-state index contributed by atoms with van der Waals surface area (Å²) in [7, 11) is 1.59. The topological polar surface area (TPSA) is 102 Å². The van der Waals surface area contributed by atoms with E-state index in [1.165, 1.54) is 0 Å². The maximum Gasteiger partial charge on any atom is 0.317 e. The van der Waals surface area contributed by atoms with Gasteiger partial charge in [0.15, 0.2) is 5.78 Å². The van der Waals surface area contributed by atoms with Crippen LogP contribution in [-0.2, 0) is 40.0 Å². The molecule has 0 amide bonds. The minimum absolute atomic E-state index is 0.0412.